The Morgan fingerprint density at radius 2 is 1.03 bits per heavy atom. The number of anilines is 2. The molecule has 2 saturated heterocycles. The fourth-order valence-corrected chi connectivity index (χ4v) is 7.63. The van der Waals surface area contributed by atoms with Gasteiger partial charge in [0.25, 0.3) is 0 Å². The van der Waals surface area contributed by atoms with E-state index < -0.39 is 0 Å². The summed E-state index contributed by atoms with van der Waals surface area (Å²) in [4.78, 5) is 22.8. The lowest BCUT2D eigenvalue weighted by atomic mass is 9.71. The first-order valence-corrected chi connectivity index (χ1v) is 13.2. The van der Waals surface area contributed by atoms with Gasteiger partial charge in [-0.1, -0.05) is 48.5 Å². The van der Waals surface area contributed by atoms with Crippen LogP contribution in [-0.2, 0) is 9.68 Å². The van der Waals surface area contributed by atoms with E-state index >= 15 is 0 Å². The van der Waals surface area contributed by atoms with Crippen molar-refractivity contribution >= 4 is 11.4 Å². The van der Waals surface area contributed by atoms with E-state index in [1.54, 1.807) is 0 Å². The van der Waals surface area contributed by atoms with Gasteiger partial charge in [-0.05, 0) is 65.8 Å². The van der Waals surface area contributed by atoms with E-state index in [4.69, 9.17) is 9.68 Å². The molecule has 2 aliphatic carbocycles. The first kappa shape index (κ1) is 21.4. The summed E-state index contributed by atoms with van der Waals surface area (Å²) >= 11 is 0. The second-order valence-corrected chi connectivity index (χ2v) is 10.6. The molecule has 0 amide bonds. The van der Waals surface area contributed by atoms with Crippen LogP contribution < -0.4 is 10.1 Å². The lowest BCUT2D eigenvalue weighted by molar-refractivity contribution is -0.0291. The number of rotatable bonds is 4. The number of aromatic nitrogens is 2. The molecule has 8 rings (SSSR count). The molecular weight excluding hydrogens is 460 g/mol. The average Bonchev–Trinajstić information content (AvgIpc) is 3.72. The fourth-order valence-electron chi connectivity index (χ4n) is 7.63. The van der Waals surface area contributed by atoms with Gasteiger partial charge in [-0.2, -0.15) is 0 Å². The molecule has 0 spiro atoms. The molecule has 0 N–H and O–H groups in total. The van der Waals surface area contributed by atoms with E-state index in [2.05, 4.69) is 92.9 Å². The molecule has 0 radical (unpaired) electrons. The number of nitrogens with zero attached hydrogens (tertiary/aromatic N) is 4. The van der Waals surface area contributed by atoms with E-state index in [0.29, 0.717) is 23.7 Å². The number of fused-ring (bicyclic) bond motifs is 8. The lowest BCUT2D eigenvalue weighted by Crippen LogP contribution is -2.40. The molecule has 37 heavy (non-hydrogen) atoms. The van der Waals surface area contributed by atoms with Crippen LogP contribution in [0.3, 0.4) is 0 Å². The Kier molecular flexibility index (Phi) is 4.85. The van der Waals surface area contributed by atoms with Gasteiger partial charge >= 0.3 is 0 Å². The predicted molar refractivity (Wildman–Crippen MR) is 140 cm³/mol. The Balaban J connectivity index is 1.21. The van der Waals surface area contributed by atoms with Crippen molar-refractivity contribution in [1.82, 2.24) is 9.97 Å². The van der Waals surface area contributed by atoms with E-state index in [1.807, 2.05) is 36.9 Å². The highest BCUT2D eigenvalue weighted by Gasteiger charge is 2.70. The lowest BCUT2D eigenvalue weighted by Gasteiger charge is -2.33. The molecule has 4 heterocycles. The van der Waals surface area contributed by atoms with Gasteiger partial charge < -0.3 is 0 Å². The van der Waals surface area contributed by atoms with Crippen molar-refractivity contribution in [2.45, 2.75) is 30.7 Å². The molecule has 2 bridgehead atoms. The summed E-state index contributed by atoms with van der Waals surface area (Å²) in [5.41, 5.74) is 4.58. The Morgan fingerprint density at radius 1 is 0.568 bits per heavy atom. The van der Waals surface area contributed by atoms with Crippen molar-refractivity contribution in [2.24, 2.45) is 23.7 Å². The molecule has 2 saturated carbocycles. The van der Waals surface area contributed by atoms with Crippen LogP contribution in [0.4, 0.5) is 11.4 Å². The maximum absolute atomic E-state index is 6.92. The SMILES string of the molecule is c1ccc(N2O[C@@H]3[C@@H]4C[C@@H]([C@H]5ON(c6ccccc6)[C@H](c6cccnc6)[C@@H]45)[C@@H]3[C@H]2c2cccnc2)cc1. The van der Waals surface area contributed by atoms with Crippen molar-refractivity contribution in [3.05, 3.63) is 121 Å². The molecule has 0 unspecified atom stereocenters. The molecule has 2 aromatic heterocycles. The van der Waals surface area contributed by atoms with Gasteiger partial charge in [0, 0.05) is 36.6 Å². The van der Waals surface area contributed by atoms with Crippen molar-refractivity contribution < 1.29 is 9.68 Å². The molecule has 4 aliphatic rings. The number of para-hydroxylation sites is 2. The van der Waals surface area contributed by atoms with Gasteiger partial charge in [0.2, 0.25) is 0 Å². The monoisotopic (exact) mass is 488 g/mol. The summed E-state index contributed by atoms with van der Waals surface area (Å²) in [6, 6.07) is 29.6. The second kappa shape index (κ2) is 8.40. The largest absolute Gasteiger partial charge is 0.269 e. The number of hydroxylamine groups is 2. The quantitative estimate of drug-likeness (QED) is 0.363. The molecule has 6 heteroatoms. The third-order valence-electron chi connectivity index (χ3n) is 8.91. The normalized spacial score (nSPS) is 33.5. The zero-order valence-corrected chi connectivity index (χ0v) is 20.3. The Bertz CT molecular complexity index is 1270. The minimum Gasteiger partial charge on any atom is -0.269 e. The molecule has 4 fully saturated rings. The highest BCUT2D eigenvalue weighted by molar-refractivity contribution is 5.50. The van der Waals surface area contributed by atoms with Crippen molar-refractivity contribution in [3.63, 3.8) is 0 Å². The molecule has 4 aromatic rings. The van der Waals surface area contributed by atoms with Crippen LogP contribution >= 0.6 is 0 Å². The van der Waals surface area contributed by atoms with Crippen LogP contribution in [0.5, 0.6) is 0 Å². The standard InChI is InChI=1S/C31H28N4O2/c1-3-11-22(12-4-1)34-28(20-9-7-15-32-18-20)26-24-17-25(30(26)36-34)27-29(21-10-8-16-33-19-21)35(37-31(24)27)23-13-5-2-6-14-23/h1-16,18-19,24-31H,17H2/t24-,25-,26-,27-,28-,29-,30-,31-/m1/s1. The first-order chi connectivity index (χ1) is 18.4. The average molecular weight is 489 g/mol. The van der Waals surface area contributed by atoms with Gasteiger partial charge in [-0.15, -0.1) is 0 Å². The smallest absolute Gasteiger partial charge is 0.0945 e. The van der Waals surface area contributed by atoms with Crippen LogP contribution in [-0.4, -0.2) is 22.2 Å². The van der Waals surface area contributed by atoms with Crippen LogP contribution in [0.1, 0.15) is 29.6 Å². The van der Waals surface area contributed by atoms with Gasteiger partial charge in [0.15, 0.2) is 0 Å². The highest BCUT2D eigenvalue weighted by atomic mass is 16.7. The van der Waals surface area contributed by atoms with Gasteiger partial charge in [0.05, 0.1) is 35.7 Å². The molecule has 8 atom stereocenters. The number of hydrogen-bond acceptors (Lipinski definition) is 6. The Labute approximate surface area is 216 Å². The molecule has 6 nitrogen and oxygen atoms in total. The number of benzene rings is 2. The van der Waals surface area contributed by atoms with E-state index in [-0.39, 0.29) is 24.3 Å². The Hall–Kier alpha value is -3.74. The van der Waals surface area contributed by atoms with E-state index in [1.165, 1.54) is 11.1 Å². The second-order valence-electron chi connectivity index (χ2n) is 10.6. The zero-order valence-electron chi connectivity index (χ0n) is 20.3. The molecule has 2 aliphatic heterocycles. The van der Waals surface area contributed by atoms with Gasteiger partial charge in [-0.3, -0.25) is 19.6 Å². The van der Waals surface area contributed by atoms with Gasteiger partial charge in [-0.25, -0.2) is 10.1 Å². The summed E-state index contributed by atoms with van der Waals surface area (Å²) in [7, 11) is 0. The van der Waals surface area contributed by atoms with Crippen LogP contribution in [0.2, 0.25) is 0 Å². The third kappa shape index (κ3) is 3.19. The van der Waals surface area contributed by atoms with Crippen molar-refractivity contribution in [1.29, 1.82) is 0 Å². The zero-order chi connectivity index (χ0) is 24.3. The van der Waals surface area contributed by atoms with Crippen molar-refractivity contribution in [3.8, 4) is 0 Å². The van der Waals surface area contributed by atoms with Crippen LogP contribution in [0.25, 0.3) is 0 Å². The summed E-state index contributed by atoms with van der Waals surface area (Å²) in [6.07, 6.45) is 9.09. The minimum atomic E-state index is 0.100. The summed E-state index contributed by atoms with van der Waals surface area (Å²) in [6.45, 7) is 0. The highest BCUT2D eigenvalue weighted by Crippen LogP contribution is 2.67. The van der Waals surface area contributed by atoms with Gasteiger partial charge in [0.1, 0.15) is 0 Å². The summed E-state index contributed by atoms with van der Waals surface area (Å²) in [5.74, 6) is 1.46. The fraction of sp³-hybridized carbons (Fsp3) is 0.290. The van der Waals surface area contributed by atoms with E-state index in [0.717, 1.165) is 17.8 Å². The van der Waals surface area contributed by atoms with E-state index in [9.17, 15) is 0 Å². The topological polar surface area (TPSA) is 50.7 Å². The van der Waals surface area contributed by atoms with Crippen molar-refractivity contribution in [2.75, 3.05) is 10.1 Å². The molecular formula is C31H28N4O2. The van der Waals surface area contributed by atoms with Crippen LogP contribution in [0, 0.1) is 23.7 Å². The molecule has 184 valence electrons. The maximum Gasteiger partial charge on any atom is 0.0945 e. The maximum atomic E-state index is 6.92. The van der Waals surface area contributed by atoms with Crippen LogP contribution in [0.15, 0.2) is 110 Å². The Morgan fingerprint density at radius 3 is 1.43 bits per heavy atom. The first-order valence-electron chi connectivity index (χ1n) is 13.2. The minimum absolute atomic E-state index is 0.100. The predicted octanol–water partition coefficient (Wildman–Crippen LogP) is 5.78. The summed E-state index contributed by atoms with van der Waals surface area (Å²) in [5, 5.41) is 4.31. The third-order valence-corrected chi connectivity index (χ3v) is 8.91. The number of pyridine rings is 2. The molecule has 2 aromatic carbocycles. The summed E-state index contributed by atoms with van der Waals surface area (Å²) < 4.78 is 0. The number of hydrogen-bond donors (Lipinski definition) is 0.